The van der Waals surface area contributed by atoms with Gasteiger partial charge in [-0.1, -0.05) is 29.8 Å². The molecule has 0 aliphatic rings. The molecule has 3 aromatic rings. The summed E-state index contributed by atoms with van der Waals surface area (Å²) in [5, 5.41) is 10.5. The molecule has 106 valence electrons. The van der Waals surface area contributed by atoms with Crippen molar-refractivity contribution >= 4 is 39.6 Å². The van der Waals surface area contributed by atoms with Gasteiger partial charge in [0, 0.05) is 5.39 Å². The van der Waals surface area contributed by atoms with Gasteiger partial charge in [0.25, 0.3) is 11.5 Å². The Morgan fingerprint density at radius 2 is 2.00 bits per heavy atom. The Bertz CT molecular complexity index is 872. The first-order valence-electron chi connectivity index (χ1n) is 6.15. The zero-order valence-corrected chi connectivity index (χ0v) is 12.3. The van der Waals surface area contributed by atoms with Gasteiger partial charge in [0.15, 0.2) is 0 Å². The van der Waals surface area contributed by atoms with Crippen LogP contribution in [0.2, 0.25) is 4.34 Å². The topological polar surface area (TPSA) is 74.8 Å². The summed E-state index contributed by atoms with van der Waals surface area (Å²) >= 11 is 7.02. The van der Waals surface area contributed by atoms with Crippen LogP contribution >= 0.6 is 22.9 Å². The highest BCUT2D eigenvalue weighted by atomic mass is 35.5. The van der Waals surface area contributed by atoms with Gasteiger partial charge >= 0.3 is 0 Å². The van der Waals surface area contributed by atoms with E-state index in [-0.39, 0.29) is 18.0 Å². The highest BCUT2D eigenvalue weighted by molar-refractivity contribution is 7.17. The summed E-state index contributed by atoms with van der Waals surface area (Å²) in [6, 6.07) is 10.5. The van der Waals surface area contributed by atoms with Crippen LogP contribution in [0.15, 0.2) is 41.2 Å². The molecule has 0 aliphatic carbocycles. The van der Waals surface area contributed by atoms with Gasteiger partial charge in [-0.05, 0) is 18.2 Å². The van der Waals surface area contributed by atoms with E-state index < -0.39 is 0 Å². The van der Waals surface area contributed by atoms with Crippen molar-refractivity contribution in [2.24, 2.45) is 0 Å². The zero-order valence-electron chi connectivity index (χ0n) is 10.7. The molecular formula is C14H10ClN3O2S. The Labute approximate surface area is 128 Å². The van der Waals surface area contributed by atoms with Crippen LogP contribution in [0.3, 0.4) is 0 Å². The number of nitrogens with zero attached hydrogens (tertiary/aromatic N) is 1. The quantitative estimate of drug-likeness (QED) is 0.779. The van der Waals surface area contributed by atoms with Crippen LogP contribution in [0.1, 0.15) is 15.4 Å². The van der Waals surface area contributed by atoms with Gasteiger partial charge in [-0.15, -0.1) is 11.3 Å². The van der Waals surface area contributed by atoms with Gasteiger partial charge in [-0.2, -0.15) is 5.10 Å². The van der Waals surface area contributed by atoms with Gasteiger partial charge in [0.2, 0.25) is 0 Å². The number of carbonyl (C=O) groups is 1. The van der Waals surface area contributed by atoms with Crippen LogP contribution in [0.4, 0.5) is 0 Å². The molecule has 3 rings (SSSR count). The van der Waals surface area contributed by atoms with Crippen LogP contribution in [-0.2, 0) is 6.54 Å². The van der Waals surface area contributed by atoms with Gasteiger partial charge in [-0.25, -0.2) is 5.10 Å². The van der Waals surface area contributed by atoms with Gasteiger partial charge < -0.3 is 5.32 Å². The molecule has 2 aromatic heterocycles. The van der Waals surface area contributed by atoms with Crippen LogP contribution in [-0.4, -0.2) is 16.1 Å². The van der Waals surface area contributed by atoms with Crippen LogP contribution in [0.25, 0.3) is 10.8 Å². The van der Waals surface area contributed by atoms with E-state index in [0.29, 0.717) is 20.3 Å². The maximum absolute atomic E-state index is 12.0. The Morgan fingerprint density at radius 1 is 1.24 bits per heavy atom. The largest absolute Gasteiger partial charge is 0.346 e. The van der Waals surface area contributed by atoms with Crippen molar-refractivity contribution in [2.45, 2.75) is 6.54 Å². The SMILES string of the molecule is O=C(NCc1n[nH]c(=O)c2ccccc12)c1ccc(Cl)s1. The monoisotopic (exact) mass is 319 g/mol. The van der Waals surface area contributed by atoms with Crippen LogP contribution in [0.5, 0.6) is 0 Å². The standard InChI is InChI=1S/C14H10ClN3O2S/c15-12-6-5-11(21-12)14(20)16-7-10-8-3-1-2-4-9(8)13(19)18-17-10/h1-6H,7H2,(H,16,20)(H,18,19). The van der Waals surface area contributed by atoms with E-state index in [1.165, 1.54) is 11.3 Å². The van der Waals surface area contributed by atoms with Gasteiger partial charge in [0.05, 0.1) is 26.8 Å². The molecule has 5 nitrogen and oxygen atoms in total. The van der Waals surface area contributed by atoms with Crippen molar-refractivity contribution in [1.29, 1.82) is 0 Å². The Morgan fingerprint density at radius 3 is 2.71 bits per heavy atom. The number of fused-ring (bicyclic) bond motifs is 1. The summed E-state index contributed by atoms with van der Waals surface area (Å²) in [4.78, 5) is 24.2. The number of halogens is 1. The number of carbonyl (C=O) groups excluding carboxylic acids is 1. The second-order valence-electron chi connectivity index (χ2n) is 4.33. The van der Waals surface area contributed by atoms with Crippen LogP contribution in [0, 0.1) is 0 Å². The van der Waals surface area contributed by atoms with E-state index in [4.69, 9.17) is 11.6 Å². The maximum Gasteiger partial charge on any atom is 0.272 e. The summed E-state index contributed by atoms with van der Waals surface area (Å²) in [5.74, 6) is -0.219. The Balaban J connectivity index is 1.84. The van der Waals surface area contributed by atoms with Crippen molar-refractivity contribution in [1.82, 2.24) is 15.5 Å². The van der Waals surface area contributed by atoms with Crippen molar-refractivity contribution in [3.05, 3.63) is 61.7 Å². The minimum absolute atomic E-state index is 0.219. The first kappa shape index (κ1) is 13.8. The van der Waals surface area contributed by atoms with Crippen molar-refractivity contribution in [2.75, 3.05) is 0 Å². The summed E-state index contributed by atoms with van der Waals surface area (Å²) in [6.07, 6.45) is 0. The van der Waals surface area contributed by atoms with Gasteiger partial charge in [0.1, 0.15) is 0 Å². The molecule has 2 heterocycles. The molecule has 0 fully saturated rings. The maximum atomic E-state index is 12.0. The Hall–Kier alpha value is -2.18. The lowest BCUT2D eigenvalue weighted by Gasteiger charge is -2.06. The average Bonchev–Trinajstić information content (AvgIpc) is 2.93. The highest BCUT2D eigenvalue weighted by Gasteiger charge is 2.10. The fraction of sp³-hybridized carbons (Fsp3) is 0.0714. The van der Waals surface area contributed by atoms with E-state index in [2.05, 4.69) is 15.5 Å². The molecule has 7 heteroatoms. The molecule has 0 aliphatic heterocycles. The lowest BCUT2D eigenvalue weighted by molar-refractivity contribution is 0.0954. The lowest BCUT2D eigenvalue weighted by Crippen LogP contribution is -2.23. The van der Waals surface area contributed by atoms with E-state index in [1.807, 2.05) is 6.07 Å². The lowest BCUT2D eigenvalue weighted by atomic mass is 10.1. The molecular weight excluding hydrogens is 310 g/mol. The molecule has 0 unspecified atom stereocenters. The molecule has 0 saturated heterocycles. The number of nitrogens with one attached hydrogen (secondary N) is 2. The number of amides is 1. The van der Waals surface area contributed by atoms with Crippen molar-refractivity contribution in [3.63, 3.8) is 0 Å². The number of rotatable bonds is 3. The Kier molecular flexibility index (Phi) is 3.72. The first-order chi connectivity index (χ1) is 10.1. The number of aromatic nitrogens is 2. The average molecular weight is 320 g/mol. The third kappa shape index (κ3) is 2.81. The summed E-state index contributed by atoms with van der Waals surface area (Å²) in [6.45, 7) is 0.228. The third-order valence-electron chi connectivity index (χ3n) is 2.99. The highest BCUT2D eigenvalue weighted by Crippen LogP contribution is 2.21. The summed E-state index contributed by atoms with van der Waals surface area (Å²) in [5.41, 5.74) is 0.368. The number of hydrogen-bond donors (Lipinski definition) is 2. The number of hydrogen-bond acceptors (Lipinski definition) is 4. The predicted octanol–water partition coefficient (Wildman–Crippen LogP) is 2.57. The smallest absolute Gasteiger partial charge is 0.272 e. The normalized spacial score (nSPS) is 10.7. The van der Waals surface area contributed by atoms with Crippen molar-refractivity contribution < 1.29 is 4.79 Å². The number of thiophene rings is 1. The van der Waals surface area contributed by atoms with Gasteiger partial charge in [-0.3, -0.25) is 9.59 Å². The predicted molar refractivity (Wildman–Crippen MR) is 82.9 cm³/mol. The number of H-pyrrole nitrogens is 1. The number of aromatic amines is 1. The first-order valence-corrected chi connectivity index (χ1v) is 7.34. The molecule has 0 bridgehead atoms. The second kappa shape index (κ2) is 5.67. The number of benzene rings is 1. The van der Waals surface area contributed by atoms with E-state index in [0.717, 1.165) is 5.39 Å². The summed E-state index contributed by atoms with van der Waals surface area (Å²) < 4.78 is 0.563. The molecule has 1 aromatic carbocycles. The molecule has 0 saturated carbocycles. The van der Waals surface area contributed by atoms with Crippen molar-refractivity contribution in [3.8, 4) is 0 Å². The fourth-order valence-electron chi connectivity index (χ4n) is 1.99. The van der Waals surface area contributed by atoms with Crippen LogP contribution < -0.4 is 10.9 Å². The second-order valence-corrected chi connectivity index (χ2v) is 6.05. The van der Waals surface area contributed by atoms with E-state index in [9.17, 15) is 9.59 Å². The third-order valence-corrected chi connectivity index (χ3v) is 4.22. The fourth-order valence-corrected chi connectivity index (χ4v) is 2.95. The minimum atomic E-state index is -0.245. The molecule has 0 atom stereocenters. The minimum Gasteiger partial charge on any atom is -0.346 e. The van der Waals surface area contributed by atoms with E-state index >= 15 is 0 Å². The van der Waals surface area contributed by atoms with E-state index in [1.54, 1.807) is 30.3 Å². The molecule has 0 spiro atoms. The molecule has 1 amide bonds. The molecule has 2 N–H and O–H groups in total. The molecule has 21 heavy (non-hydrogen) atoms. The zero-order chi connectivity index (χ0) is 14.8. The summed E-state index contributed by atoms with van der Waals surface area (Å²) in [7, 11) is 0. The molecule has 0 radical (unpaired) electrons.